The normalized spacial score (nSPS) is 15.4. The maximum absolute atomic E-state index is 15.2. The van der Waals surface area contributed by atoms with Crippen molar-refractivity contribution in [3.05, 3.63) is 53.1 Å². The summed E-state index contributed by atoms with van der Waals surface area (Å²) in [6, 6.07) is 11.5. The van der Waals surface area contributed by atoms with Gasteiger partial charge in [0.15, 0.2) is 0 Å². The van der Waals surface area contributed by atoms with E-state index in [9.17, 15) is 4.79 Å². The summed E-state index contributed by atoms with van der Waals surface area (Å²) in [5.41, 5.74) is 1.63. The van der Waals surface area contributed by atoms with E-state index in [1.165, 1.54) is 0 Å². The highest BCUT2D eigenvalue weighted by Crippen LogP contribution is 2.27. The number of aromatic nitrogens is 1. The lowest BCUT2D eigenvalue weighted by Gasteiger charge is -2.36. The van der Waals surface area contributed by atoms with Crippen LogP contribution in [0.2, 0.25) is 0 Å². The molecule has 33 heavy (non-hydrogen) atoms. The van der Waals surface area contributed by atoms with Crippen molar-refractivity contribution in [3.8, 4) is 5.88 Å². The Hall–Kier alpha value is -2.67. The largest absolute Gasteiger partial charge is 0.476 e. The maximum atomic E-state index is 15.2. The van der Waals surface area contributed by atoms with Crippen LogP contribution in [0.3, 0.4) is 0 Å². The fourth-order valence-corrected chi connectivity index (χ4v) is 4.09. The lowest BCUT2D eigenvalue weighted by Crippen LogP contribution is -2.49. The number of alkyl halides is 1. The van der Waals surface area contributed by atoms with E-state index in [1.807, 2.05) is 50.2 Å². The first-order chi connectivity index (χ1) is 15.8. The van der Waals surface area contributed by atoms with E-state index in [1.54, 1.807) is 4.90 Å². The van der Waals surface area contributed by atoms with Crippen LogP contribution in [0.4, 0.5) is 10.2 Å². The highest BCUT2D eigenvalue weighted by Gasteiger charge is 2.35. The molecule has 6 nitrogen and oxygen atoms in total. The minimum atomic E-state index is -1.30. The number of rotatable bonds is 10. The van der Waals surface area contributed by atoms with E-state index in [4.69, 9.17) is 4.74 Å². The Balaban J connectivity index is 1.40. The van der Waals surface area contributed by atoms with Crippen LogP contribution in [0.15, 0.2) is 36.4 Å². The second-order valence-electron chi connectivity index (χ2n) is 8.77. The molecule has 180 valence electrons. The molecule has 0 unspecified atom stereocenters. The number of amides is 1. The van der Waals surface area contributed by atoms with Crippen LogP contribution in [-0.4, -0.2) is 67.3 Å². The molecule has 0 spiro atoms. The number of ether oxygens (including phenoxy) is 1. The van der Waals surface area contributed by atoms with Gasteiger partial charge in [0.05, 0.1) is 0 Å². The van der Waals surface area contributed by atoms with Crippen molar-refractivity contribution in [2.75, 3.05) is 50.8 Å². The number of piperidine rings is 1. The molecule has 0 saturated carbocycles. The van der Waals surface area contributed by atoms with Gasteiger partial charge in [-0.05, 0) is 57.0 Å². The van der Waals surface area contributed by atoms with E-state index in [0.717, 1.165) is 30.0 Å². The topological polar surface area (TPSA) is 57.7 Å². The molecule has 2 aromatic rings. The number of pyridine rings is 1. The molecule has 1 aliphatic heterocycles. The molecule has 7 heteroatoms. The molecule has 1 fully saturated rings. The molecule has 1 saturated heterocycles. The predicted octanol–water partition coefficient (Wildman–Crippen LogP) is 4.16. The smallest absolute Gasteiger partial charge is 0.253 e. The first-order valence-corrected chi connectivity index (χ1v) is 12.0. The first-order valence-electron chi connectivity index (χ1n) is 12.0. The number of aryl methyl sites for hydroxylation is 2. The summed E-state index contributed by atoms with van der Waals surface area (Å²) in [6.07, 6.45) is 0.676. The molecule has 1 aromatic carbocycles. The van der Waals surface area contributed by atoms with Crippen LogP contribution >= 0.6 is 0 Å². The standard InChI is InChI=1S/C26H37FN4O2/c1-5-30(6-2)23-8-7-9-24(29-23)33-17-14-28-19-26(27)12-15-31(16-13-26)25(32)22-11-10-20(3)21(4)18-22/h7-11,18,28H,5-6,12-17,19H2,1-4H3. The number of halogens is 1. The number of anilines is 1. The zero-order chi connectivity index (χ0) is 23.8. The molecule has 0 atom stereocenters. The number of carbonyl (C=O) groups excluding carboxylic acids is 1. The minimum Gasteiger partial charge on any atom is -0.476 e. The molecule has 0 bridgehead atoms. The average Bonchev–Trinajstić information content (AvgIpc) is 2.82. The minimum absolute atomic E-state index is 0.0130. The number of hydrogen-bond donors (Lipinski definition) is 1. The lowest BCUT2D eigenvalue weighted by atomic mass is 9.92. The van der Waals surface area contributed by atoms with Crippen LogP contribution in [0.1, 0.15) is 48.2 Å². The molecule has 2 heterocycles. The second-order valence-corrected chi connectivity index (χ2v) is 8.77. The highest BCUT2D eigenvalue weighted by atomic mass is 19.1. The molecule has 1 aromatic heterocycles. The summed E-state index contributed by atoms with van der Waals surface area (Å²) in [7, 11) is 0. The molecule has 0 radical (unpaired) electrons. The van der Waals surface area contributed by atoms with Gasteiger partial charge in [-0.25, -0.2) is 4.39 Å². The Morgan fingerprint density at radius 2 is 1.88 bits per heavy atom. The van der Waals surface area contributed by atoms with Gasteiger partial charge in [0.25, 0.3) is 5.91 Å². The van der Waals surface area contributed by atoms with Crippen LogP contribution in [0.5, 0.6) is 5.88 Å². The molecular formula is C26H37FN4O2. The van der Waals surface area contributed by atoms with Crippen LogP contribution in [0.25, 0.3) is 0 Å². The summed E-state index contributed by atoms with van der Waals surface area (Å²) < 4.78 is 21.0. The quantitative estimate of drug-likeness (QED) is 0.544. The third-order valence-electron chi connectivity index (χ3n) is 6.47. The van der Waals surface area contributed by atoms with E-state index < -0.39 is 5.67 Å². The van der Waals surface area contributed by atoms with E-state index in [-0.39, 0.29) is 12.5 Å². The van der Waals surface area contributed by atoms with Gasteiger partial charge in [-0.2, -0.15) is 4.98 Å². The summed E-state index contributed by atoms with van der Waals surface area (Å²) in [5.74, 6) is 1.46. The average molecular weight is 457 g/mol. The number of likely N-dealkylation sites (tertiary alicyclic amines) is 1. The molecule has 1 aliphatic rings. The lowest BCUT2D eigenvalue weighted by molar-refractivity contribution is 0.0433. The van der Waals surface area contributed by atoms with Crippen LogP contribution < -0.4 is 15.0 Å². The van der Waals surface area contributed by atoms with Crippen molar-refractivity contribution >= 4 is 11.7 Å². The monoisotopic (exact) mass is 456 g/mol. The highest BCUT2D eigenvalue weighted by molar-refractivity contribution is 5.94. The van der Waals surface area contributed by atoms with E-state index in [2.05, 4.69) is 29.0 Å². The number of hydrogen-bond acceptors (Lipinski definition) is 5. The van der Waals surface area contributed by atoms with Crippen molar-refractivity contribution in [3.63, 3.8) is 0 Å². The SMILES string of the molecule is CCN(CC)c1cccc(OCCNCC2(F)CCN(C(=O)c3ccc(C)c(C)c3)CC2)n1. The van der Waals surface area contributed by atoms with Crippen molar-refractivity contribution in [2.45, 2.75) is 46.2 Å². The molecule has 1 N–H and O–H groups in total. The Bertz CT molecular complexity index is 924. The number of nitrogens with zero attached hydrogens (tertiary/aromatic N) is 3. The molecule has 0 aliphatic carbocycles. The zero-order valence-electron chi connectivity index (χ0n) is 20.4. The van der Waals surface area contributed by atoms with Gasteiger partial charge in [-0.3, -0.25) is 4.79 Å². The van der Waals surface area contributed by atoms with Crippen LogP contribution in [0, 0.1) is 13.8 Å². The van der Waals surface area contributed by atoms with Gasteiger partial charge in [0.2, 0.25) is 5.88 Å². The van der Waals surface area contributed by atoms with Crippen molar-refractivity contribution < 1.29 is 13.9 Å². The molecule has 1 amide bonds. The van der Waals surface area contributed by atoms with E-state index >= 15 is 4.39 Å². The Kier molecular flexibility index (Phi) is 8.67. The Morgan fingerprint density at radius 3 is 2.55 bits per heavy atom. The summed E-state index contributed by atoms with van der Waals surface area (Å²) in [6.45, 7) is 12.1. The number of nitrogens with one attached hydrogen (secondary N) is 1. The van der Waals surface area contributed by atoms with Gasteiger partial charge in [-0.15, -0.1) is 0 Å². The maximum Gasteiger partial charge on any atom is 0.253 e. The molecular weight excluding hydrogens is 419 g/mol. The fourth-order valence-electron chi connectivity index (χ4n) is 4.09. The van der Waals surface area contributed by atoms with Crippen LogP contribution in [-0.2, 0) is 0 Å². The second kappa shape index (κ2) is 11.5. The third kappa shape index (κ3) is 6.67. The van der Waals surface area contributed by atoms with Gasteiger partial charge in [0.1, 0.15) is 18.1 Å². The Labute approximate surface area is 197 Å². The fraction of sp³-hybridized carbons (Fsp3) is 0.538. The summed E-state index contributed by atoms with van der Waals surface area (Å²) in [4.78, 5) is 21.2. The molecule has 3 rings (SSSR count). The van der Waals surface area contributed by atoms with Gasteiger partial charge in [-0.1, -0.05) is 12.1 Å². The summed E-state index contributed by atoms with van der Waals surface area (Å²) >= 11 is 0. The zero-order valence-corrected chi connectivity index (χ0v) is 20.4. The summed E-state index contributed by atoms with van der Waals surface area (Å²) in [5, 5.41) is 3.17. The van der Waals surface area contributed by atoms with Crippen molar-refractivity contribution in [1.82, 2.24) is 15.2 Å². The van der Waals surface area contributed by atoms with E-state index in [0.29, 0.717) is 50.5 Å². The third-order valence-corrected chi connectivity index (χ3v) is 6.47. The number of benzene rings is 1. The van der Waals surface area contributed by atoms with Gasteiger partial charge < -0.3 is 19.9 Å². The van der Waals surface area contributed by atoms with Crippen molar-refractivity contribution in [1.29, 1.82) is 0 Å². The van der Waals surface area contributed by atoms with Gasteiger partial charge in [0, 0.05) is 63.7 Å². The first kappa shape index (κ1) is 25.0. The Morgan fingerprint density at radius 1 is 1.15 bits per heavy atom. The number of carbonyl (C=O) groups is 1. The van der Waals surface area contributed by atoms with Gasteiger partial charge >= 0.3 is 0 Å². The predicted molar refractivity (Wildman–Crippen MR) is 131 cm³/mol. The van der Waals surface area contributed by atoms with Crippen molar-refractivity contribution in [2.24, 2.45) is 0 Å².